The molecule has 0 saturated carbocycles. The van der Waals surface area contributed by atoms with E-state index in [0.717, 1.165) is 11.1 Å². The number of hydrogen-bond donors (Lipinski definition) is 1. The summed E-state index contributed by atoms with van der Waals surface area (Å²) in [5.74, 6) is 0.337. The fourth-order valence-corrected chi connectivity index (χ4v) is 4.62. The summed E-state index contributed by atoms with van der Waals surface area (Å²) in [6, 6.07) is 8.61. The highest BCUT2D eigenvalue weighted by Crippen LogP contribution is 2.34. The van der Waals surface area contributed by atoms with Crippen molar-refractivity contribution in [2.45, 2.75) is 45.9 Å². The van der Waals surface area contributed by atoms with Crippen molar-refractivity contribution >= 4 is 21.6 Å². The number of hydrogen-bond acceptors (Lipinski definition) is 5. The Balaban J connectivity index is 1.67. The largest absolute Gasteiger partial charge is 0.475 e. The summed E-state index contributed by atoms with van der Waals surface area (Å²) in [5, 5.41) is 2.87. The lowest BCUT2D eigenvalue weighted by molar-refractivity contribution is 0.0951. The Kier molecular flexibility index (Phi) is 5.60. The number of fused-ring (bicyclic) bond motifs is 1. The van der Waals surface area contributed by atoms with Crippen molar-refractivity contribution in [1.29, 1.82) is 0 Å². The molecule has 150 valence electrons. The Hall–Kier alpha value is -2.61. The van der Waals surface area contributed by atoms with E-state index in [-0.39, 0.29) is 18.1 Å². The van der Waals surface area contributed by atoms with E-state index in [2.05, 4.69) is 10.3 Å². The molecule has 1 aliphatic heterocycles. The summed E-state index contributed by atoms with van der Waals surface area (Å²) in [5.41, 5.74) is 2.88. The Morgan fingerprint density at radius 3 is 2.68 bits per heavy atom. The van der Waals surface area contributed by atoms with E-state index in [4.69, 9.17) is 4.74 Å². The number of aromatic nitrogens is 1. The van der Waals surface area contributed by atoms with E-state index in [1.165, 1.54) is 10.6 Å². The zero-order valence-electron chi connectivity index (χ0n) is 16.5. The molecule has 1 amide bonds. The molecule has 1 N–H and O–H groups in total. The molecule has 1 aromatic heterocycles. The summed E-state index contributed by atoms with van der Waals surface area (Å²) < 4.78 is 30.9. The molecule has 2 aromatic rings. The maximum absolute atomic E-state index is 12.5. The van der Waals surface area contributed by atoms with Gasteiger partial charge < -0.3 is 10.1 Å². The van der Waals surface area contributed by atoms with Crippen LogP contribution < -0.4 is 14.4 Å². The highest BCUT2D eigenvalue weighted by molar-refractivity contribution is 7.92. The lowest BCUT2D eigenvalue weighted by Crippen LogP contribution is -2.34. The van der Waals surface area contributed by atoms with Gasteiger partial charge in [0.15, 0.2) is 0 Å². The number of amides is 1. The zero-order chi connectivity index (χ0) is 20.5. The number of nitrogens with one attached hydrogen (secondary N) is 1. The van der Waals surface area contributed by atoms with Crippen LogP contribution in [0.1, 0.15) is 42.3 Å². The van der Waals surface area contributed by atoms with Gasteiger partial charge in [0.25, 0.3) is 5.91 Å². The zero-order valence-corrected chi connectivity index (χ0v) is 17.3. The second-order valence-corrected chi connectivity index (χ2v) is 9.17. The van der Waals surface area contributed by atoms with Crippen molar-refractivity contribution in [3.8, 4) is 5.88 Å². The molecule has 1 unspecified atom stereocenters. The second kappa shape index (κ2) is 7.79. The van der Waals surface area contributed by atoms with Crippen LogP contribution in [0.25, 0.3) is 0 Å². The summed E-state index contributed by atoms with van der Waals surface area (Å²) in [7, 11) is -3.34. The lowest BCUT2D eigenvalue weighted by atomic mass is 10.1. The molecule has 1 atom stereocenters. The van der Waals surface area contributed by atoms with Crippen molar-refractivity contribution in [2.24, 2.45) is 0 Å². The second-order valence-electron chi connectivity index (χ2n) is 7.31. The van der Waals surface area contributed by atoms with Gasteiger partial charge in [-0.15, -0.1) is 0 Å². The molecule has 1 aliphatic rings. The van der Waals surface area contributed by atoms with E-state index in [1.807, 2.05) is 26.8 Å². The van der Waals surface area contributed by atoms with E-state index in [9.17, 15) is 13.2 Å². The number of benzene rings is 1. The molecule has 1 aromatic carbocycles. The van der Waals surface area contributed by atoms with Crippen LogP contribution >= 0.6 is 0 Å². The van der Waals surface area contributed by atoms with Gasteiger partial charge in [0.2, 0.25) is 15.9 Å². The standard InChI is InChI=1S/C20H25N3O4S/c1-13(2)27-19-8-5-15(11-21-19)12-22-20(24)16-6-7-18-17(10-16)9-14(3)23(18)28(4,25)26/h5-8,10-11,13-14H,9,12H2,1-4H3,(H,22,24). The number of anilines is 1. The van der Waals surface area contributed by atoms with Gasteiger partial charge in [0.1, 0.15) is 0 Å². The van der Waals surface area contributed by atoms with Crippen molar-refractivity contribution < 1.29 is 17.9 Å². The predicted octanol–water partition coefficient (Wildman–Crippen LogP) is 2.51. The molecule has 28 heavy (non-hydrogen) atoms. The van der Waals surface area contributed by atoms with E-state index < -0.39 is 10.0 Å². The van der Waals surface area contributed by atoms with Crippen LogP contribution in [-0.4, -0.2) is 37.7 Å². The first-order valence-electron chi connectivity index (χ1n) is 9.17. The molecule has 8 heteroatoms. The minimum absolute atomic E-state index is 0.0548. The van der Waals surface area contributed by atoms with Gasteiger partial charge in [-0.05, 0) is 56.5 Å². The quantitative estimate of drug-likeness (QED) is 0.801. The first-order valence-corrected chi connectivity index (χ1v) is 11.0. The van der Waals surface area contributed by atoms with Crippen molar-refractivity contribution in [3.05, 3.63) is 53.2 Å². The Morgan fingerprint density at radius 1 is 1.32 bits per heavy atom. The molecule has 0 fully saturated rings. The third-order valence-corrected chi connectivity index (χ3v) is 5.73. The van der Waals surface area contributed by atoms with Gasteiger partial charge >= 0.3 is 0 Å². The SMILES string of the molecule is CC(C)Oc1ccc(CNC(=O)c2ccc3c(c2)CC(C)N3S(C)(=O)=O)cn1. The minimum Gasteiger partial charge on any atom is -0.475 e. The van der Waals surface area contributed by atoms with Gasteiger partial charge in [0.05, 0.1) is 18.0 Å². The van der Waals surface area contributed by atoms with E-state index in [0.29, 0.717) is 30.1 Å². The van der Waals surface area contributed by atoms with Crippen molar-refractivity contribution in [1.82, 2.24) is 10.3 Å². The molecule has 7 nitrogen and oxygen atoms in total. The van der Waals surface area contributed by atoms with Crippen LogP contribution in [0.2, 0.25) is 0 Å². The fraction of sp³-hybridized carbons (Fsp3) is 0.400. The Morgan fingerprint density at radius 2 is 2.07 bits per heavy atom. The highest BCUT2D eigenvalue weighted by Gasteiger charge is 2.32. The minimum atomic E-state index is -3.34. The van der Waals surface area contributed by atoms with E-state index in [1.54, 1.807) is 30.5 Å². The van der Waals surface area contributed by atoms with E-state index >= 15 is 0 Å². The Bertz CT molecular complexity index is 971. The number of sulfonamides is 1. The molecule has 0 spiro atoms. The smallest absolute Gasteiger partial charge is 0.251 e. The monoisotopic (exact) mass is 403 g/mol. The molecule has 0 aliphatic carbocycles. The van der Waals surface area contributed by atoms with Crippen LogP contribution in [0, 0.1) is 0 Å². The third kappa shape index (κ3) is 4.44. The topological polar surface area (TPSA) is 88.6 Å². The number of nitrogens with zero attached hydrogens (tertiary/aromatic N) is 2. The van der Waals surface area contributed by atoms with Crippen LogP contribution in [0.15, 0.2) is 36.5 Å². The molecule has 0 radical (unpaired) electrons. The van der Waals surface area contributed by atoms with Gasteiger partial charge in [-0.2, -0.15) is 0 Å². The van der Waals surface area contributed by atoms with Gasteiger partial charge in [-0.25, -0.2) is 13.4 Å². The van der Waals surface area contributed by atoms with Crippen LogP contribution in [0.5, 0.6) is 5.88 Å². The number of ether oxygens (including phenoxy) is 1. The fourth-order valence-electron chi connectivity index (χ4n) is 3.36. The summed E-state index contributed by atoms with van der Waals surface area (Å²) in [6.45, 7) is 6.07. The summed E-state index contributed by atoms with van der Waals surface area (Å²) >= 11 is 0. The maximum Gasteiger partial charge on any atom is 0.251 e. The maximum atomic E-state index is 12.5. The van der Waals surface area contributed by atoms with Crippen molar-refractivity contribution in [2.75, 3.05) is 10.6 Å². The van der Waals surface area contributed by atoms with Crippen molar-refractivity contribution in [3.63, 3.8) is 0 Å². The first-order chi connectivity index (χ1) is 13.1. The number of pyridine rings is 1. The molecule has 0 saturated heterocycles. The molecular weight excluding hydrogens is 378 g/mol. The molecule has 3 rings (SSSR count). The van der Waals surface area contributed by atoms with Gasteiger partial charge in [-0.1, -0.05) is 6.07 Å². The molecule has 0 bridgehead atoms. The predicted molar refractivity (Wildman–Crippen MR) is 108 cm³/mol. The average Bonchev–Trinajstić information content (AvgIpc) is 2.95. The van der Waals surface area contributed by atoms with Gasteiger partial charge in [-0.3, -0.25) is 9.10 Å². The first kappa shape index (κ1) is 20.1. The lowest BCUT2D eigenvalue weighted by Gasteiger charge is -2.21. The third-order valence-electron chi connectivity index (χ3n) is 4.46. The van der Waals surface area contributed by atoms with Crippen LogP contribution in [-0.2, 0) is 23.0 Å². The normalized spacial score (nSPS) is 16.2. The molecule has 2 heterocycles. The summed E-state index contributed by atoms with van der Waals surface area (Å²) in [6.07, 6.45) is 3.51. The van der Waals surface area contributed by atoms with Crippen LogP contribution in [0.4, 0.5) is 5.69 Å². The van der Waals surface area contributed by atoms with Crippen LogP contribution in [0.3, 0.4) is 0 Å². The number of rotatable bonds is 6. The molecular formula is C20H25N3O4S. The highest BCUT2D eigenvalue weighted by atomic mass is 32.2. The van der Waals surface area contributed by atoms with Gasteiger partial charge in [0, 0.05) is 30.4 Å². The Labute approximate surface area is 165 Å². The summed E-state index contributed by atoms with van der Waals surface area (Å²) in [4.78, 5) is 16.7. The number of carbonyl (C=O) groups excluding carboxylic acids is 1. The average molecular weight is 404 g/mol. The number of carbonyl (C=O) groups is 1.